The number of benzene rings is 1. The van der Waals surface area contributed by atoms with Gasteiger partial charge >= 0.3 is 0 Å². The fourth-order valence-electron chi connectivity index (χ4n) is 3.30. The zero-order valence-corrected chi connectivity index (χ0v) is 16.3. The van der Waals surface area contributed by atoms with Crippen molar-refractivity contribution in [2.45, 2.75) is 51.7 Å². The Balaban J connectivity index is 1.81. The lowest BCUT2D eigenvalue weighted by Gasteiger charge is -2.51. The molecule has 1 aromatic rings. The summed E-state index contributed by atoms with van der Waals surface area (Å²) >= 11 is 0. The lowest BCUT2D eigenvalue weighted by molar-refractivity contribution is -0.145. The van der Waals surface area contributed by atoms with E-state index in [1.807, 2.05) is 11.5 Å². The molecule has 0 radical (unpaired) electrons. The van der Waals surface area contributed by atoms with Gasteiger partial charge in [0.1, 0.15) is 15.7 Å². The third kappa shape index (κ3) is 2.32. The van der Waals surface area contributed by atoms with Crippen molar-refractivity contribution in [3.05, 3.63) is 35.4 Å². The smallest absolute Gasteiger partial charge is 0.262 e. The fourth-order valence-corrected chi connectivity index (χ4v) is 5.37. The van der Waals surface area contributed by atoms with Crippen molar-refractivity contribution in [2.75, 3.05) is 0 Å². The number of nitrogens with zero attached hydrogens (tertiary/aromatic N) is 2. The van der Waals surface area contributed by atoms with Gasteiger partial charge in [0.25, 0.3) is 11.8 Å². The molecule has 0 N–H and O–H groups in total. The number of rotatable bonds is 4. The summed E-state index contributed by atoms with van der Waals surface area (Å²) in [4.78, 5) is 39.0. The van der Waals surface area contributed by atoms with Crippen LogP contribution in [0.4, 0.5) is 0 Å². The molecule has 2 aliphatic rings. The van der Waals surface area contributed by atoms with Crippen molar-refractivity contribution >= 4 is 27.4 Å². The molecule has 128 valence electrons. The van der Waals surface area contributed by atoms with E-state index in [2.05, 4.69) is 27.7 Å². The first-order valence-electron chi connectivity index (χ1n) is 8.44. The number of hydrogen-bond acceptors (Lipinski definition) is 3. The lowest BCUT2D eigenvalue weighted by atomic mass is 9.98. The van der Waals surface area contributed by atoms with E-state index in [1.165, 1.54) is 4.90 Å². The zero-order valence-electron chi connectivity index (χ0n) is 14.9. The van der Waals surface area contributed by atoms with Crippen LogP contribution in [0.5, 0.6) is 0 Å². The first-order valence-corrected chi connectivity index (χ1v) is 9.78. The number of hydrogen-bond donors (Lipinski definition) is 0. The van der Waals surface area contributed by atoms with Gasteiger partial charge in [-0.15, -0.1) is 0 Å². The van der Waals surface area contributed by atoms with E-state index in [1.54, 1.807) is 24.3 Å². The van der Waals surface area contributed by atoms with Crippen LogP contribution in [0, 0.1) is 5.92 Å². The number of fused-ring (bicyclic) bond motifs is 1. The number of amides is 3. The van der Waals surface area contributed by atoms with Gasteiger partial charge in [-0.3, -0.25) is 19.3 Å². The monoisotopic (exact) mass is 344 g/mol. The zero-order chi connectivity index (χ0) is 17.8. The molecule has 2 unspecified atom stereocenters. The first-order chi connectivity index (χ1) is 11.2. The summed E-state index contributed by atoms with van der Waals surface area (Å²) in [5, 5.41) is 0.122. The summed E-state index contributed by atoms with van der Waals surface area (Å²) in [7, 11) is -0.816. The molecule has 1 saturated heterocycles. The van der Waals surface area contributed by atoms with E-state index in [4.69, 9.17) is 0 Å². The molecule has 0 bridgehead atoms. The molecule has 0 spiro atoms. The summed E-state index contributed by atoms with van der Waals surface area (Å²) < 4.78 is 1.92. The van der Waals surface area contributed by atoms with E-state index in [0.717, 1.165) is 0 Å². The minimum absolute atomic E-state index is 0.0719. The van der Waals surface area contributed by atoms with Crippen LogP contribution in [0.1, 0.15) is 55.3 Å². The molecule has 5 nitrogen and oxygen atoms in total. The standard InChI is InChI=1S/C18H24N2O3Si/c1-10(2)18(4,5)24-20-11(3)14(17(20)23)19-15(21)12-8-6-7-9-13(12)16(19)22/h6-11,14H,24H2,1-5H3. The first kappa shape index (κ1) is 16.9. The number of β-lactam (4-membered cyclic amide) rings is 1. The second kappa shape index (κ2) is 5.55. The summed E-state index contributed by atoms with van der Waals surface area (Å²) in [6, 6.07) is 6.04. The normalized spacial score (nSPS) is 24.3. The maximum absolute atomic E-state index is 12.7. The molecule has 3 amide bonds. The predicted octanol–water partition coefficient (Wildman–Crippen LogP) is 1.82. The largest absolute Gasteiger partial charge is 0.368 e. The van der Waals surface area contributed by atoms with E-state index < -0.39 is 15.7 Å². The Morgan fingerprint density at radius 3 is 1.96 bits per heavy atom. The van der Waals surface area contributed by atoms with Crippen molar-refractivity contribution in [1.82, 2.24) is 9.47 Å². The molecule has 1 aromatic carbocycles. The van der Waals surface area contributed by atoms with Gasteiger partial charge in [0.15, 0.2) is 0 Å². The Morgan fingerprint density at radius 1 is 1.04 bits per heavy atom. The van der Waals surface area contributed by atoms with Crippen LogP contribution in [0.25, 0.3) is 0 Å². The van der Waals surface area contributed by atoms with Gasteiger partial charge in [-0.25, -0.2) is 0 Å². The average molecular weight is 344 g/mol. The van der Waals surface area contributed by atoms with Crippen LogP contribution >= 0.6 is 0 Å². The van der Waals surface area contributed by atoms with E-state index in [9.17, 15) is 14.4 Å². The van der Waals surface area contributed by atoms with Gasteiger partial charge in [0.05, 0.1) is 17.2 Å². The predicted molar refractivity (Wildman–Crippen MR) is 94.5 cm³/mol. The minimum atomic E-state index is -0.816. The average Bonchev–Trinajstić information content (AvgIpc) is 2.78. The second-order valence-electron chi connectivity index (χ2n) is 7.82. The van der Waals surface area contributed by atoms with Crippen LogP contribution < -0.4 is 0 Å². The van der Waals surface area contributed by atoms with Gasteiger partial charge in [-0.05, 0) is 30.0 Å². The summed E-state index contributed by atoms with van der Waals surface area (Å²) in [5.41, 5.74) is 0.807. The van der Waals surface area contributed by atoms with Crippen LogP contribution in [0.3, 0.4) is 0 Å². The second-order valence-corrected chi connectivity index (χ2v) is 10.6. The fraction of sp³-hybridized carbons (Fsp3) is 0.500. The Hall–Kier alpha value is -1.95. The highest BCUT2D eigenvalue weighted by Gasteiger charge is 2.54. The SMILES string of the molecule is CC1C(N2C(=O)c3ccccc3C2=O)C(=O)N1[SiH2]C(C)(C)C(C)C. The third-order valence-corrected chi connectivity index (χ3v) is 8.59. The van der Waals surface area contributed by atoms with Gasteiger partial charge in [0.2, 0.25) is 5.91 Å². The molecule has 6 heteroatoms. The molecular formula is C18H24N2O3Si. The van der Waals surface area contributed by atoms with Crippen molar-refractivity contribution in [1.29, 1.82) is 0 Å². The topological polar surface area (TPSA) is 57.7 Å². The Bertz CT molecular complexity index is 694. The van der Waals surface area contributed by atoms with Gasteiger partial charge < -0.3 is 4.57 Å². The van der Waals surface area contributed by atoms with Gasteiger partial charge in [0, 0.05) is 0 Å². The molecule has 2 heterocycles. The summed E-state index contributed by atoms with van der Waals surface area (Å²) in [5.74, 6) is -0.268. The Morgan fingerprint density at radius 2 is 1.54 bits per heavy atom. The number of carbonyl (C=O) groups excluding carboxylic acids is 3. The van der Waals surface area contributed by atoms with Gasteiger partial charge in [-0.1, -0.05) is 39.8 Å². The highest BCUT2D eigenvalue weighted by atomic mass is 28.2. The Labute approximate surface area is 144 Å². The lowest BCUT2D eigenvalue weighted by Crippen LogP contribution is -2.72. The maximum Gasteiger partial charge on any atom is 0.262 e. The molecular weight excluding hydrogens is 320 g/mol. The van der Waals surface area contributed by atoms with E-state index in [-0.39, 0.29) is 28.8 Å². The summed E-state index contributed by atoms with van der Waals surface area (Å²) in [6.07, 6.45) is 0. The summed E-state index contributed by atoms with van der Waals surface area (Å²) in [6.45, 7) is 10.7. The molecule has 3 rings (SSSR count). The number of imide groups is 1. The highest BCUT2D eigenvalue weighted by Crippen LogP contribution is 2.38. The van der Waals surface area contributed by atoms with Crippen molar-refractivity contribution < 1.29 is 14.4 Å². The molecule has 1 fully saturated rings. The maximum atomic E-state index is 12.7. The molecule has 0 aromatic heterocycles. The van der Waals surface area contributed by atoms with Crippen LogP contribution in [-0.2, 0) is 4.79 Å². The quantitative estimate of drug-likeness (QED) is 0.476. The van der Waals surface area contributed by atoms with Crippen molar-refractivity contribution in [3.63, 3.8) is 0 Å². The van der Waals surface area contributed by atoms with Gasteiger partial charge in [-0.2, -0.15) is 0 Å². The van der Waals surface area contributed by atoms with Crippen molar-refractivity contribution in [3.8, 4) is 0 Å². The Kier molecular flexibility index (Phi) is 3.90. The highest BCUT2D eigenvalue weighted by molar-refractivity contribution is 6.43. The third-order valence-electron chi connectivity index (χ3n) is 5.73. The van der Waals surface area contributed by atoms with E-state index in [0.29, 0.717) is 17.0 Å². The molecule has 2 aliphatic heterocycles. The van der Waals surface area contributed by atoms with Crippen LogP contribution in [-0.4, -0.2) is 49.0 Å². The molecule has 2 atom stereocenters. The van der Waals surface area contributed by atoms with Crippen LogP contribution in [0.2, 0.25) is 5.04 Å². The number of carbonyl (C=O) groups is 3. The van der Waals surface area contributed by atoms with Crippen molar-refractivity contribution in [2.24, 2.45) is 5.92 Å². The van der Waals surface area contributed by atoms with E-state index >= 15 is 0 Å². The van der Waals surface area contributed by atoms with Crippen LogP contribution in [0.15, 0.2) is 24.3 Å². The molecule has 0 aliphatic carbocycles. The molecule has 0 saturated carbocycles. The minimum Gasteiger partial charge on any atom is -0.368 e. The molecule has 24 heavy (non-hydrogen) atoms.